The van der Waals surface area contributed by atoms with Crippen LogP contribution < -0.4 is 0 Å². The number of carbonyl (C=O) groups is 1. The van der Waals surface area contributed by atoms with Crippen LogP contribution in [0.5, 0.6) is 0 Å². The number of halogens is 3. The number of esters is 1. The maximum Gasteiger partial charge on any atom is 0.534 e. The standard InChI is InChI=1S/C12H9F3O5S2/c1-19-11(16)7-2-3-8-9(4-5-21-10(8)6-7)20-22(17,18)12(13,14)15/h2-4,6H,5H2,1H3. The zero-order chi connectivity index (χ0) is 16.5. The normalized spacial score (nSPS) is 14.8. The first-order chi connectivity index (χ1) is 10.2. The van der Waals surface area contributed by atoms with Crippen molar-refractivity contribution in [3.05, 3.63) is 35.4 Å². The van der Waals surface area contributed by atoms with E-state index in [2.05, 4.69) is 8.92 Å². The largest absolute Gasteiger partial charge is 0.534 e. The highest BCUT2D eigenvalue weighted by Gasteiger charge is 2.49. The number of hydrogen-bond donors (Lipinski definition) is 0. The summed E-state index contributed by atoms with van der Waals surface area (Å²) in [6.07, 6.45) is 1.23. The summed E-state index contributed by atoms with van der Waals surface area (Å²) in [5, 5.41) is 0. The number of hydrogen-bond acceptors (Lipinski definition) is 6. The molecule has 0 spiro atoms. The van der Waals surface area contributed by atoms with Crippen LogP contribution in [0.4, 0.5) is 13.2 Å². The van der Waals surface area contributed by atoms with Gasteiger partial charge in [-0.15, -0.1) is 11.8 Å². The first-order valence-corrected chi connectivity index (χ1v) is 8.11. The number of fused-ring (bicyclic) bond motifs is 1. The fraction of sp³-hybridized carbons (Fsp3) is 0.250. The summed E-state index contributed by atoms with van der Waals surface area (Å²) >= 11 is 1.23. The minimum atomic E-state index is -5.74. The van der Waals surface area contributed by atoms with Gasteiger partial charge >= 0.3 is 21.6 Å². The van der Waals surface area contributed by atoms with Gasteiger partial charge in [0.15, 0.2) is 0 Å². The van der Waals surface area contributed by atoms with Gasteiger partial charge in [0.25, 0.3) is 0 Å². The first kappa shape index (κ1) is 16.7. The van der Waals surface area contributed by atoms with Crippen LogP contribution in [0.25, 0.3) is 5.76 Å². The van der Waals surface area contributed by atoms with Gasteiger partial charge < -0.3 is 8.92 Å². The zero-order valence-corrected chi connectivity index (χ0v) is 12.6. The molecule has 0 aromatic heterocycles. The Kier molecular flexibility index (Phi) is 4.43. The lowest BCUT2D eigenvalue weighted by molar-refractivity contribution is -0.0509. The lowest BCUT2D eigenvalue weighted by atomic mass is 10.1. The van der Waals surface area contributed by atoms with Crippen molar-refractivity contribution < 1.29 is 35.3 Å². The van der Waals surface area contributed by atoms with Crippen molar-refractivity contribution in [2.45, 2.75) is 10.4 Å². The number of alkyl halides is 3. The summed E-state index contributed by atoms with van der Waals surface area (Å²) in [6.45, 7) is 0. The van der Waals surface area contributed by atoms with Gasteiger partial charge in [0, 0.05) is 16.2 Å². The van der Waals surface area contributed by atoms with E-state index in [9.17, 15) is 26.4 Å². The Hall–Kier alpha value is -1.68. The highest BCUT2D eigenvalue weighted by molar-refractivity contribution is 7.99. The quantitative estimate of drug-likeness (QED) is 0.472. The summed E-state index contributed by atoms with van der Waals surface area (Å²) in [4.78, 5) is 11.8. The molecule has 1 heterocycles. The van der Waals surface area contributed by atoms with Gasteiger partial charge in [-0.25, -0.2) is 4.79 Å². The predicted molar refractivity (Wildman–Crippen MR) is 72.5 cm³/mol. The van der Waals surface area contributed by atoms with E-state index < -0.39 is 27.4 Å². The summed E-state index contributed by atoms with van der Waals surface area (Å²) in [6, 6.07) is 4.03. The molecule has 0 fully saturated rings. The molecule has 1 aromatic rings. The van der Waals surface area contributed by atoms with Gasteiger partial charge in [-0.05, 0) is 24.3 Å². The van der Waals surface area contributed by atoms with E-state index in [-0.39, 0.29) is 16.9 Å². The number of benzene rings is 1. The lowest BCUT2D eigenvalue weighted by Gasteiger charge is -2.18. The van der Waals surface area contributed by atoms with Crippen LogP contribution in [0.15, 0.2) is 29.2 Å². The molecule has 0 unspecified atom stereocenters. The highest BCUT2D eigenvalue weighted by atomic mass is 32.2. The Balaban J connectivity index is 2.36. The van der Waals surface area contributed by atoms with Gasteiger partial charge in [0.1, 0.15) is 5.76 Å². The van der Waals surface area contributed by atoms with Gasteiger partial charge in [0.2, 0.25) is 0 Å². The zero-order valence-electron chi connectivity index (χ0n) is 11.0. The van der Waals surface area contributed by atoms with Gasteiger partial charge in [-0.1, -0.05) is 0 Å². The average Bonchev–Trinajstić information content (AvgIpc) is 2.44. The Morgan fingerprint density at radius 1 is 1.32 bits per heavy atom. The second kappa shape index (κ2) is 5.84. The number of methoxy groups -OCH3 is 1. The molecule has 0 saturated heterocycles. The van der Waals surface area contributed by atoms with E-state index in [1.54, 1.807) is 0 Å². The molecule has 0 saturated carbocycles. The van der Waals surface area contributed by atoms with Crippen LogP contribution in [0.2, 0.25) is 0 Å². The molecular formula is C12H9F3O5S2. The van der Waals surface area contributed by atoms with Crippen LogP contribution in [0, 0.1) is 0 Å². The fourth-order valence-corrected chi connectivity index (χ4v) is 3.09. The minimum absolute atomic E-state index is 0.164. The van der Waals surface area contributed by atoms with Gasteiger partial charge in [0.05, 0.1) is 12.7 Å². The molecular weight excluding hydrogens is 345 g/mol. The third kappa shape index (κ3) is 3.22. The highest BCUT2D eigenvalue weighted by Crippen LogP contribution is 2.38. The van der Waals surface area contributed by atoms with Gasteiger partial charge in [-0.3, -0.25) is 0 Å². The molecule has 120 valence electrons. The van der Waals surface area contributed by atoms with Crippen molar-refractivity contribution in [3.8, 4) is 0 Å². The lowest BCUT2D eigenvalue weighted by Crippen LogP contribution is -2.25. The number of rotatable bonds is 3. The fourth-order valence-electron chi connectivity index (χ4n) is 1.65. The monoisotopic (exact) mass is 354 g/mol. The molecule has 1 aliphatic heterocycles. The van der Waals surface area contributed by atoms with Crippen LogP contribution in [0.1, 0.15) is 15.9 Å². The SMILES string of the molecule is COC(=O)c1ccc2c(c1)SCC=C2OS(=O)(=O)C(F)(F)F. The van der Waals surface area contributed by atoms with Crippen molar-refractivity contribution in [1.82, 2.24) is 0 Å². The van der Waals surface area contributed by atoms with E-state index in [1.165, 1.54) is 43.1 Å². The van der Waals surface area contributed by atoms with Crippen LogP contribution in [-0.4, -0.2) is 32.8 Å². The summed E-state index contributed by atoms with van der Waals surface area (Å²) < 4.78 is 68.0. The van der Waals surface area contributed by atoms with E-state index in [1.807, 2.05) is 0 Å². The molecule has 5 nitrogen and oxygen atoms in total. The third-order valence-corrected chi connectivity index (χ3v) is 4.61. The molecule has 0 atom stereocenters. The summed E-state index contributed by atoms with van der Waals surface area (Å²) in [5.74, 6) is -0.814. The van der Waals surface area contributed by atoms with E-state index in [0.717, 1.165) is 0 Å². The maximum atomic E-state index is 12.4. The molecule has 0 radical (unpaired) electrons. The Morgan fingerprint density at radius 3 is 2.59 bits per heavy atom. The molecule has 1 aromatic carbocycles. The summed E-state index contributed by atoms with van der Waals surface area (Å²) in [7, 11) is -4.55. The van der Waals surface area contributed by atoms with Crippen molar-refractivity contribution in [2.75, 3.05) is 12.9 Å². The van der Waals surface area contributed by atoms with Crippen molar-refractivity contribution in [2.24, 2.45) is 0 Å². The molecule has 0 N–H and O–H groups in total. The van der Waals surface area contributed by atoms with Crippen molar-refractivity contribution >= 4 is 33.6 Å². The van der Waals surface area contributed by atoms with Crippen LogP contribution in [-0.2, 0) is 19.0 Å². The summed E-state index contributed by atoms with van der Waals surface area (Å²) in [5.41, 5.74) is -5.14. The van der Waals surface area contributed by atoms with Crippen molar-refractivity contribution in [1.29, 1.82) is 0 Å². The predicted octanol–water partition coefficient (Wildman–Crippen LogP) is 2.79. The average molecular weight is 354 g/mol. The van der Waals surface area contributed by atoms with E-state index in [4.69, 9.17) is 0 Å². The molecule has 0 bridgehead atoms. The Bertz CT molecular complexity index is 738. The molecule has 22 heavy (non-hydrogen) atoms. The second-order valence-electron chi connectivity index (χ2n) is 4.07. The second-order valence-corrected chi connectivity index (χ2v) is 6.66. The van der Waals surface area contributed by atoms with Crippen LogP contribution >= 0.6 is 11.8 Å². The Labute approximate surface area is 128 Å². The van der Waals surface area contributed by atoms with Gasteiger partial charge in [-0.2, -0.15) is 21.6 Å². The topological polar surface area (TPSA) is 69.7 Å². The number of thioether (sulfide) groups is 1. The number of ether oxygens (including phenoxy) is 1. The molecule has 1 aliphatic rings. The minimum Gasteiger partial charge on any atom is -0.465 e. The molecule has 0 aliphatic carbocycles. The Morgan fingerprint density at radius 2 is 2.00 bits per heavy atom. The molecule has 0 amide bonds. The smallest absolute Gasteiger partial charge is 0.465 e. The van der Waals surface area contributed by atoms with E-state index >= 15 is 0 Å². The molecule has 2 rings (SSSR count). The third-order valence-electron chi connectivity index (χ3n) is 2.66. The number of carbonyl (C=O) groups excluding carboxylic acids is 1. The van der Waals surface area contributed by atoms with E-state index in [0.29, 0.717) is 4.90 Å². The maximum absolute atomic E-state index is 12.4. The first-order valence-electron chi connectivity index (χ1n) is 5.72. The molecule has 10 heteroatoms. The van der Waals surface area contributed by atoms with Crippen molar-refractivity contribution in [3.63, 3.8) is 0 Å². The van der Waals surface area contributed by atoms with Crippen LogP contribution in [0.3, 0.4) is 0 Å².